The monoisotopic (exact) mass is 960 g/mol. The largest absolute Gasteiger partial charge is 0.343 e. The van der Waals surface area contributed by atoms with E-state index < -0.39 is 0 Å². The highest BCUT2D eigenvalue weighted by molar-refractivity contribution is 6.33. The molecule has 6 aromatic heterocycles. The highest BCUT2D eigenvalue weighted by atomic mass is 35.5. The molecular formula is C49H51Cl3N12O3. The minimum atomic E-state index is -0.132. The van der Waals surface area contributed by atoms with Gasteiger partial charge in [-0.3, -0.25) is 14.4 Å². The molecule has 3 aromatic carbocycles. The van der Waals surface area contributed by atoms with Gasteiger partial charge in [-0.1, -0.05) is 66.8 Å². The molecule has 1 aliphatic carbocycles. The number of nitrogens with zero attached hydrogens (tertiary/aromatic N) is 12. The summed E-state index contributed by atoms with van der Waals surface area (Å²) < 4.78 is 5.91. The van der Waals surface area contributed by atoms with Gasteiger partial charge in [0.15, 0.2) is 0 Å². The molecule has 0 radical (unpaired) electrons. The van der Waals surface area contributed by atoms with Crippen molar-refractivity contribution in [2.24, 2.45) is 21.1 Å². The molecule has 1 aliphatic rings. The first-order valence-corrected chi connectivity index (χ1v) is 22.8. The summed E-state index contributed by atoms with van der Waals surface area (Å²) >= 11 is 18.3. The van der Waals surface area contributed by atoms with E-state index in [1.165, 1.54) is 4.90 Å². The quantitative estimate of drug-likeness (QED) is 0.164. The van der Waals surface area contributed by atoms with Crippen molar-refractivity contribution < 1.29 is 14.4 Å². The number of hydrogen-bond acceptors (Lipinski definition) is 9. The molecule has 0 aliphatic heterocycles. The molecule has 346 valence electrons. The van der Waals surface area contributed by atoms with Gasteiger partial charge in [-0.15, -0.1) is 0 Å². The van der Waals surface area contributed by atoms with Crippen LogP contribution in [0.3, 0.4) is 0 Å². The molecule has 0 unspecified atom stereocenters. The highest BCUT2D eigenvalue weighted by Gasteiger charge is 2.31. The minimum absolute atomic E-state index is 0.0956. The molecule has 67 heavy (non-hydrogen) atoms. The Kier molecular flexibility index (Phi) is 12.6. The molecule has 0 saturated heterocycles. The van der Waals surface area contributed by atoms with Crippen LogP contribution in [0, 0.1) is 6.92 Å². The molecule has 0 N–H and O–H groups in total. The maximum Gasteiger partial charge on any atom is 0.272 e. The summed E-state index contributed by atoms with van der Waals surface area (Å²) in [6, 6.07) is 16.9. The summed E-state index contributed by atoms with van der Waals surface area (Å²) in [7, 11) is 16.2. The Labute approximate surface area is 402 Å². The molecule has 0 spiro atoms. The van der Waals surface area contributed by atoms with Gasteiger partial charge < -0.3 is 28.4 Å². The zero-order valence-corrected chi connectivity index (χ0v) is 41.8. The van der Waals surface area contributed by atoms with Crippen molar-refractivity contribution in [3.63, 3.8) is 0 Å². The number of amides is 3. The van der Waals surface area contributed by atoms with E-state index in [2.05, 4.69) is 24.9 Å². The van der Waals surface area contributed by atoms with Gasteiger partial charge in [0.25, 0.3) is 17.7 Å². The van der Waals surface area contributed by atoms with Crippen LogP contribution in [0.4, 0.5) is 0 Å². The van der Waals surface area contributed by atoms with Crippen molar-refractivity contribution in [1.82, 2.24) is 58.3 Å². The Balaban J connectivity index is 0.000000136. The van der Waals surface area contributed by atoms with Gasteiger partial charge in [-0.05, 0) is 56.2 Å². The molecule has 1 saturated carbocycles. The second-order valence-electron chi connectivity index (χ2n) is 17.8. The molecular weight excluding hydrogens is 911 g/mol. The van der Waals surface area contributed by atoms with Crippen LogP contribution in [0.25, 0.3) is 65.8 Å². The van der Waals surface area contributed by atoms with E-state index >= 15 is 0 Å². The van der Waals surface area contributed by atoms with Gasteiger partial charge >= 0.3 is 0 Å². The number of aryl methyl sites for hydroxylation is 4. The lowest BCUT2D eigenvalue weighted by Gasteiger charge is -2.13. The van der Waals surface area contributed by atoms with E-state index in [4.69, 9.17) is 39.8 Å². The number of rotatable bonds is 5. The molecule has 1 fully saturated rings. The highest BCUT2D eigenvalue weighted by Crippen LogP contribution is 2.40. The maximum atomic E-state index is 12.7. The van der Waals surface area contributed by atoms with Crippen molar-refractivity contribution in [1.29, 1.82) is 0 Å². The molecule has 9 aromatic rings. The Hall–Kier alpha value is -6.42. The second kappa shape index (κ2) is 18.0. The van der Waals surface area contributed by atoms with Crippen LogP contribution in [-0.4, -0.2) is 118 Å². The number of hydrogen-bond donors (Lipinski definition) is 0. The van der Waals surface area contributed by atoms with Crippen LogP contribution in [0.15, 0.2) is 54.6 Å². The van der Waals surface area contributed by atoms with Crippen molar-refractivity contribution in [2.45, 2.75) is 45.4 Å². The SMILES string of the molecule is CC(C)c1nc(C(=O)N(C)C)c2c3ccc(Cl)cc3n(C)c2n1.CN(C)C(=O)c1nc(C2CC2)nc2c1c1ccc(Cl)cc1n2C.Cc1nc(C(=O)N(C)C)c2c3ccc(Cl)cc3n(C)c2n1. The van der Waals surface area contributed by atoms with Gasteiger partial charge in [0.2, 0.25) is 0 Å². The predicted octanol–water partition coefficient (Wildman–Crippen LogP) is 9.74. The molecule has 0 atom stereocenters. The minimum Gasteiger partial charge on any atom is -0.343 e. The van der Waals surface area contributed by atoms with E-state index in [0.717, 1.165) is 84.5 Å². The average molecular weight is 962 g/mol. The summed E-state index contributed by atoms with van der Waals surface area (Å²) in [4.78, 5) is 69.8. The predicted molar refractivity (Wildman–Crippen MR) is 268 cm³/mol. The van der Waals surface area contributed by atoms with Crippen LogP contribution >= 0.6 is 34.8 Å². The molecule has 10 rings (SSSR count). The third-order valence-electron chi connectivity index (χ3n) is 11.8. The summed E-state index contributed by atoms with van der Waals surface area (Å²) in [5.41, 5.74) is 6.48. The smallest absolute Gasteiger partial charge is 0.272 e. The first kappa shape index (κ1) is 47.1. The Morgan fingerprint density at radius 2 is 0.896 bits per heavy atom. The van der Waals surface area contributed by atoms with Gasteiger partial charge in [-0.2, -0.15) is 0 Å². The molecule has 15 nitrogen and oxygen atoms in total. The van der Waals surface area contributed by atoms with Gasteiger partial charge in [0.05, 0.1) is 32.7 Å². The van der Waals surface area contributed by atoms with Crippen molar-refractivity contribution in [3.8, 4) is 0 Å². The van der Waals surface area contributed by atoms with Gasteiger partial charge in [0.1, 0.15) is 51.5 Å². The number of benzene rings is 3. The summed E-state index contributed by atoms with van der Waals surface area (Å²) in [6.45, 7) is 5.83. The fourth-order valence-electron chi connectivity index (χ4n) is 8.17. The molecule has 3 amide bonds. The summed E-state index contributed by atoms with van der Waals surface area (Å²) in [5.74, 6) is 2.19. The number of aromatic nitrogens is 9. The Morgan fingerprint density at radius 1 is 0.537 bits per heavy atom. The summed E-state index contributed by atoms with van der Waals surface area (Å²) in [6.07, 6.45) is 2.19. The lowest BCUT2D eigenvalue weighted by molar-refractivity contribution is 0.0816. The Morgan fingerprint density at radius 3 is 1.27 bits per heavy atom. The van der Waals surface area contributed by atoms with E-state index in [9.17, 15) is 14.4 Å². The maximum absolute atomic E-state index is 12.7. The van der Waals surface area contributed by atoms with Crippen LogP contribution < -0.4 is 0 Å². The van der Waals surface area contributed by atoms with Crippen molar-refractivity contribution in [3.05, 3.63) is 104 Å². The van der Waals surface area contributed by atoms with Crippen LogP contribution in [-0.2, 0) is 21.1 Å². The third kappa shape index (κ3) is 8.60. The lowest BCUT2D eigenvalue weighted by atomic mass is 10.1. The van der Waals surface area contributed by atoms with E-state index in [1.54, 1.807) is 59.0 Å². The Bertz CT molecular complexity index is 3350. The fourth-order valence-corrected chi connectivity index (χ4v) is 8.67. The van der Waals surface area contributed by atoms with Gasteiger partial charge in [-0.25, -0.2) is 29.9 Å². The average Bonchev–Trinajstić information content (AvgIpc) is 4.00. The zero-order chi connectivity index (χ0) is 48.5. The van der Waals surface area contributed by atoms with Crippen LogP contribution in [0.5, 0.6) is 0 Å². The van der Waals surface area contributed by atoms with E-state index in [1.807, 2.05) is 103 Å². The standard InChI is InChI=1S/C17H17ClN4O.C17H19ClN4O.C15H15ClN4O/c1-21(2)17(23)14-13-11-7-6-10(18)8-12(11)22(3)16(13)20-15(19-14)9-4-5-9;1-9(2)15-19-14(17(23)21(3)4)13-11-7-6-10(18)8-12(11)22(5)16(13)20-15;1-8-17-13(15(21)19(2)3)12-10-6-5-9(16)7-11(10)20(4)14(12)18-8/h6-9H,4-5H2,1-3H3;6-9H,1-5H3;5-7H,1-4H3. The molecule has 0 bridgehead atoms. The number of fused-ring (bicyclic) bond motifs is 9. The normalized spacial score (nSPS) is 12.5. The summed E-state index contributed by atoms with van der Waals surface area (Å²) in [5, 5.41) is 7.16. The van der Waals surface area contributed by atoms with Crippen LogP contribution in [0.2, 0.25) is 15.1 Å². The van der Waals surface area contributed by atoms with E-state index in [0.29, 0.717) is 49.7 Å². The molecule has 6 heterocycles. The van der Waals surface area contributed by atoms with Crippen molar-refractivity contribution in [2.75, 3.05) is 42.3 Å². The topological polar surface area (TPSA) is 153 Å². The van der Waals surface area contributed by atoms with E-state index in [-0.39, 0.29) is 23.6 Å². The van der Waals surface area contributed by atoms with Crippen LogP contribution in [0.1, 0.15) is 87.5 Å². The van der Waals surface area contributed by atoms with Gasteiger partial charge in [0, 0.05) is 106 Å². The zero-order valence-electron chi connectivity index (χ0n) is 39.5. The lowest BCUT2D eigenvalue weighted by Crippen LogP contribution is -2.24. The first-order chi connectivity index (χ1) is 31.7. The number of carbonyl (C=O) groups is 3. The van der Waals surface area contributed by atoms with Crippen molar-refractivity contribution >= 4 is 118 Å². The second-order valence-corrected chi connectivity index (χ2v) is 19.1. The fraction of sp³-hybridized carbons (Fsp3) is 0.327. The first-order valence-electron chi connectivity index (χ1n) is 21.7. The molecule has 18 heteroatoms. The number of carbonyl (C=O) groups excluding carboxylic acids is 3. The third-order valence-corrected chi connectivity index (χ3v) is 12.5. The number of halogens is 3.